The number of benzene rings is 1. The van der Waals surface area contributed by atoms with Crippen LogP contribution in [-0.4, -0.2) is 18.3 Å². The largest absolute Gasteiger partial charge is 0.384 e. The fourth-order valence-corrected chi connectivity index (χ4v) is 2.40. The second-order valence-corrected chi connectivity index (χ2v) is 5.03. The third-order valence-corrected chi connectivity index (χ3v) is 3.59. The zero-order valence-electron chi connectivity index (χ0n) is 10.6. The van der Waals surface area contributed by atoms with Crippen molar-refractivity contribution in [3.8, 4) is 11.8 Å². The molecule has 1 aromatic heterocycles. The van der Waals surface area contributed by atoms with Gasteiger partial charge in [-0.15, -0.1) is 11.3 Å². The number of aliphatic hydroxyl groups is 1. The smallest absolute Gasteiger partial charge is 0.104 e. The van der Waals surface area contributed by atoms with Gasteiger partial charge in [-0.3, -0.25) is 0 Å². The maximum Gasteiger partial charge on any atom is 0.104 e. The number of ether oxygens (including phenoxy) is 1. The minimum atomic E-state index is -0.117. The predicted molar refractivity (Wildman–Crippen MR) is 78.1 cm³/mol. The molecule has 0 radical (unpaired) electrons. The first-order valence-electron chi connectivity index (χ1n) is 6.18. The first-order valence-corrected chi connectivity index (χ1v) is 7.06. The average Bonchev–Trinajstić information content (AvgIpc) is 2.95. The number of hydrogen-bond acceptors (Lipinski definition) is 3. The molecule has 0 fully saturated rings. The van der Waals surface area contributed by atoms with Gasteiger partial charge in [0, 0.05) is 16.9 Å². The SMILES string of the molecule is OCC#Cc1ccccc1COCCc1cccs1. The highest BCUT2D eigenvalue weighted by Gasteiger charge is 2.00. The van der Waals surface area contributed by atoms with Crippen LogP contribution in [-0.2, 0) is 17.8 Å². The normalized spacial score (nSPS) is 9.95. The molecular weight excluding hydrogens is 256 g/mol. The Hall–Kier alpha value is -1.60. The van der Waals surface area contributed by atoms with E-state index < -0.39 is 0 Å². The van der Waals surface area contributed by atoms with Crippen LogP contribution in [0, 0.1) is 11.8 Å². The third-order valence-electron chi connectivity index (χ3n) is 2.65. The molecule has 0 atom stereocenters. The minimum Gasteiger partial charge on any atom is -0.384 e. The molecule has 0 aliphatic rings. The van der Waals surface area contributed by atoms with Crippen LogP contribution in [0.15, 0.2) is 41.8 Å². The molecule has 1 N–H and O–H groups in total. The van der Waals surface area contributed by atoms with E-state index in [4.69, 9.17) is 9.84 Å². The van der Waals surface area contributed by atoms with Crippen LogP contribution >= 0.6 is 11.3 Å². The molecule has 98 valence electrons. The van der Waals surface area contributed by atoms with Crippen molar-refractivity contribution in [1.29, 1.82) is 0 Å². The van der Waals surface area contributed by atoms with E-state index in [9.17, 15) is 0 Å². The van der Waals surface area contributed by atoms with Crippen LogP contribution in [0.1, 0.15) is 16.0 Å². The van der Waals surface area contributed by atoms with E-state index in [0.717, 1.165) is 17.5 Å². The van der Waals surface area contributed by atoms with Gasteiger partial charge in [0.25, 0.3) is 0 Å². The maximum atomic E-state index is 8.73. The Kier molecular flexibility index (Phi) is 5.64. The molecule has 0 spiro atoms. The number of thiophene rings is 1. The first kappa shape index (κ1) is 13.8. The lowest BCUT2D eigenvalue weighted by Crippen LogP contribution is -1.99. The van der Waals surface area contributed by atoms with Crippen molar-refractivity contribution in [3.63, 3.8) is 0 Å². The molecule has 0 saturated heterocycles. The van der Waals surface area contributed by atoms with Crippen LogP contribution in [0.2, 0.25) is 0 Å². The Morgan fingerprint density at radius 3 is 2.84 bits per heavy atom. The fourth-order valence-electron chi connectivity index (χ4n) is 1.71. The zero-order valence-corrected chi connectivity index (χ0v) is 11.5. The highest BCUT2D eigenvalue weighted by atomic mass is 32.1. The summed E-state index contributed by atoms with van der Waals surface area (Å²) in [6, 6.07) is 12.0. The van der Waals surface area contributed by atoms with Gasteiger partial charge in [0.1, 0.15) is 6.61 Å². The summed E-state index contributed by atoms with van der Waals surface area (Å²) in [5.74, 6) is 5.61. The lowest BCUT2D eigenvalue weighted by atomic mass is 10.1. The molecular formula is C16H16O2S. The summed E-state index contributed by atoms with van der Waals surface area (Å²) in [6.07, 6.45) is 0.947. The van der Waals surface area contributed by atoms with Crippen molar-refractivity contribution in [2.45, 2.75) is 13.0 Å². The molecule has 1 aromatic carbocycles. The summed E-state index contributed by atoms with van der Waals surface area (Å²) < 4.78 is 5.69. The Balaban J connectivity index is 1.85. The summed E-state index contributed by atoms with van der Waals surface area (Å²) >= 11 is 1.75. The molecule has 2 aromatic rings. The van der Waals surface area contributed by atoms with Gasteiger partial charge < -0.3 is 9.84 Å². The predicted octanol–water partition coefficient (Wildman–Crippen LogP) is 2.85. The summed E-state index contributed by atoms with van der Waals surface area (Å²) in [5, 5.41) is 10.8. The second-order valence-electron chi connectivity index (χ2n) is 4.00. The molecule has 0 unspecified atom stereocenters. The molecule has 0 aliphatic heterocycles. The third kappa shape index (κ3) is 4.53. The Labute approximate surface area is 117 Å². The van der Waals surface area contributed by atoms with Gasteiger partial charge in [-0.1, -0.05) is 36.1 Å². The summed E-state index contributed by atoms with van der Waals surface area (Å²) in [7, 11) is 0. The van der Waals surface area contributed by atoms with Crippen LogP contribution in [0.3, 0.4) is 0 Å². The number of aliphatic hydroxyl groups excluding tert-OH is 1. The summed E-state index contributed by atoms with van der Waals surface area (Å²) in [5.41, 5.74) is 1.99. The van der Waals surface area contributed by atoms with Crippen LogP contribution in [0.5, 0.6) is 0 Å². The van der Waals surface area contributed by atoms with E-state index >= 15 is 0 Å². The molecule has 19 heavy (non-hydrogen) atoms. The average molecular weight is 272 g/mol. The lowest BCUT2D eigenvalue weighted by Gasteiger charge is -2.05. The molecule has 0 bridgehead atoms. The van der Waals surface area contributed by atoms with Crippen molar-refractivity contribution in [1.82, 2.24) is 0 Å². The van der Waals surface area contributed by atoms with Gasteiger partial charge >= 0.3 is 0 Å². The van der Waals surface area contributed by atoms with Gasteiger partial charge in [-0.25, -0.2) is 0 Å². The second kappa shape index (κ2) is 7.75. The molecule has 3 heteroatoms. The Morgan fingerprint density at radius 1 is 1.16 bits per heavy atom. The van der Waals surface area contributed by atoms with Gasteiger partial charge in [0.05, 0.1) is 13.2 Å². The first-order chi connectivity index (χ1) is 9.40. The van der Waals surface area contributed by atoms with E-state index in [0.29, 0.717) is 13.2 Å². The van der Waals surface area contributed by atoms with Crippen LogP contribution in [0.25, 0.3) is 0 Å². The fraction of sp³-hybridized carbons (Fsp3) is 0.250. The van der Waals surface area contributed by atoms with Crippen molar-refractivity contribution in [2.24, 2.45) is 0 Å². The van der Waals surface area contributed by atoms with Crippen LogP contribution in [0.4, 0.5) is 0 Å². The standard InChI is InChI=1S/C16H16O2S/c17-10-3-7-14-5-1-2-6-15(14)13-18-11-9-16-8-4-12-19-16/h1-2,4-6,8,12,17H,9-11,13H2. The van der Waals surface area contributed by atoms with Gasteiger partial charge in [-0.2, -0.15) is 0 Å². The molecule has 0 aliphatic carbocycles. The van der Waals surface area contributed by atoms with E-state index in [1.54, 1.807) is 11.3 Å². The van der Waals surface area contributed by atoms with E-state index in [2.05, 4.69) is 29.4 Å². The summed E-state index contributed by atoms with van der Waals surface area (Å²) in [4.78, 5) is 1.34. The van der Waals surface area contributed by atoms with Crippen molar-refractivity contribution < 1.29 is 9.84 Å². The quantitative estimate of drug-likeness (QED) is 0.670. The van der Waals surface area contributed by atoms with E-state index in [1.807, 2.05) is 24.3 Å². The van der Waals surface area contributed by atoms with Gasteiger partial charge in [0.15, 0.2) is 0 Å². The molecule has 1 heterocycles. The topological polar surface area (TPSA) is 29.5 Å². The van der Waals surface area contributed by atoms with Crippen molar-refractivity contribution in [3.05, 3.63) is 57.8 Å². The monoisotopic (exact) mass is 272 g/mol. The van der Waals surface area contributed by atoms with E-state index in [-0.39, 0.29) is 6.61 Å². The molecule has 2 nitrogen and oxygen atoms in total. The van der Waals surface area contributed by atoms with Crippen molar-refractivity contribution >= 4 is 11.3 Å². The number of hydrogen-bond donors (Lipinski definition) is 1. The van der Waals surface area contributed by atoms with Crippen molar-refractivity contribution in [2.75, 3.05) is 13.2 Å². The molecule has 0 amide bonds. The van der Waals surface area contributed by atoms with Gasteiger partial charge in [-0.05, 0) is 23.1 Å². The highest BCUT2D eigenvalue weighted by molar-refractivity contribution is 7.09. The van der Waals surface area contributed by atoms with Gasteiger partial charge in [0.2, 0.25) is 0 Å². The maximum absolute atomic E-state index is 8.73. The number of rotatable bonds is 5. The lowest BCUT2D eigenvalue weighted by molar-refractivity contribution is 0.124. The molecule has 2 rings (SSSR count). The Bertz CT molecular complexity index is 550. The Morgan fingerprint density at radius 2 is 2.05 bits per heavy atom. The highest BCUT2D eigenvalue weighted by Crippen LogP contribution is 2.11. The minimum absolute atomic E-state index is 0.117. The van der Waals surface area contributed by atoms with Crippen LogP contribution < -0.4 is 0 Å². The summed E-state index contributed by atoms with van der Waals surface area (Å²) in [6.45, 7) is 1.15. The molecule has 0 saturated carbocycles. The van der Waals surface area contributed by atoms with E-state index in [1.165, 1.54) is 4.88 Å². The zero-order chi connectivity index (χ0) is 13.3.